The van der Waals surface area contributed by atoms with E-state index < -0.39 is 0 Å². The third-order valence-electron chi connectivity index (χ3n) is 4.31. The van der Waals surface area contributed by atoms with Gasteiger partial charge in [-0.1, -0.05) is 0 Å². The standard InChI is InChI=1S/C17H26N2O3/c1-12-6-13-7-15(20-3)8-14(17(13)22-12)9-18-10-16-11-19(2)4-5-21-16/h7-8,12,16,18H,4-6,9-11H2,1-3H3/t12-,16+/m1/s1. The van der Waals surface area contributed by atoms with Crippen LogP contribution in [0.3, 0.4) is 0 Å². The van der Waals surface area contributed by atoms with Gasteiger partial charge < -0.3 is 24.4 Å². The Kier molecular flexibility index (Phi) is 4.86. The quantitative estimate of drug-likeness (QED) is 0.892. The van der Waals surface area contributed by atoms with E-state index in [4.69, 9.17) is 14.2 Å². The average molecular weight is 306 g/mol. The fourth-order valence-corrected chi connectivity index (χ4v) is 3.19. The Hall–Kier alpha value is -1.30. The predicted molar refractivity (Wildman–Crippen MR) is 85.7 cm³/mol. The van der Waals surface area contributed by atoms with Crippen LogP contribution in [0.15, 0.2) is 12.1 Å². The maximum absolute atomic E-state index is 5.96. The molecule has 1 N–H and O–H groups in total. The number of morpholine rings is 1. The van der Waals surface area contributed by atoms with Crippen molar-refractivity contribution in [2.24, 2.45) is 0 Å². The normalized spacial score (nSPS) is 24.9. The Morgan fingerprint density at radius 1 is 1.41 bits per heavy atom. The largest absolute Gasteiger partial charge is 0.497 e. The highest BCUT2D eigenvalue weighted by Crippen LogP contribution is 2.36. The second-order valence-electron chi connectivity index (χ2n) is 6.29. The third-order valence-corrected chi connectivity index (χ3v) is 4.31. The summed E-state index contributed by atoms with van der Waals surface area (Å²) in [5.41, 5.74) is 2.42. The van der Waals surface area contributed by atoms with Gasteiger partial charge in [0.2, 0.25) is 0 Å². The van der Waals surface area contributed by atoms with E-state index in [0.717, 1.165) is 50.7 Å². The lowest BCUT2D eigenvalue weighted by atomic mass is 10.1. The van der Waals surface area contributed by atoms with Crippen LogP contribution in [0.5, 0.6) is 11.5 Å². The van der Waals surface area contributed by atoms with Crippen LogP contribution in [0, 0.1) is 0 Å². The average Bonchev–Trinajstić information content (AvgIpc) is 2.87. The third kappa shape index (κ3) is 3.54. The molecule has 22 heavy (non-hydrogen) atoms. The molecule has 0 radical (unpaired) electrons. The fourth-order valence-electron chi connectivity index (χ4n) is 3.19. The van der Waals surface area contributed by atoms with Crippen molar-refractivity contribution < 1.29 is 14.2 Å². The molecule has 0 aromatic heterocycles. The number of methoxy groups -OCH3 is 1. The van der Waals surface area contributed by atoms with Crippen LogP contribution in [-0.2, 0) is 17.7 Å². The SMILES string of the molecule is COc1cc(CNC[C@H]2CN(C)CCO2)c2c(c1)C[C@@H](C)O2. The molecule has 3 rings (SSSR count). The van der Waals surface area contributed by atoms with E-state index in [1.165, 1.54) is 11.1 Å². The molecule has 2 aliphatic rings. The first-order valence-corrected chi connectivity index (χ1v) is 8.03. The molecule has 1 fully saturated rings. The summed E-state index contributed by atoms with van der Waals surface area (Å²) in [4.78, 5) is 2.31. The van der Waals surface area contributed by atoms with E-state index in [9.17, 15) is 0 Å². The van der Waals surface area contributed by atoms with E-state index in [2.05, 4.69) is 36.3 Å². The first-order valence-electron chi connectivity index (χ1n) is 8.03. The second-order valence-corrected chi connectivity index (χ2v) is 6.29. The van der Waals surface area contributed by atoms with Gasteiger partial charge >= 0.3 is 0 Å². The van der Waals surface area contributed by atoms with Gasteiger partial charge in [0.25, 0.3) is 0 Å². The van der Waals surface area contributed by atoms with E-state index in [1.54, 1.807) is 7.11 Å². The Bertz CT molecular complexity index is 521. The minimum absolute atomic E-state index is 0.246. The van der Waals surface area contributed by atoms with Gasteiger partial charge in [-0.15, -0.1) is 0 Å². The van der Waals surface area contributed by atoms with E-state index in [0.29, 0.717) is 0 Å². The zero-order valence-electron chi connectivity index (χ0n) is 13.7. The van der Waals surface area contributed by atoms with Gasteiger partial charge in [-0.05, 0) is 26.1 Å². The first-order chi connectivity index (χ1) is 10.7. The molecule has 0 amide bonds. The molecule has 5 heteroatoms. The summed E-state index contributed by atoms with van der Waals surface area (Å²) in [7, 11) is 3.85. The summed E-state index contributed by atoms with van der Waals surface area (Å²) in [5.74, 6) is 1.93. The van der Waals surface area contributed by atoms with E-state index in [1.807, 2.05) is 0 Å². The molecule has 1 saturated heterocycles. The lowest BCUT2D eigenvalue weighted by Gasteiger charge is -2.30. The number of ether oxygens (including phenoxy) is 3. The smallest absolute Gasteiger partial charge is 0.127 e. The number of fused-ring (bicyclic) bond motifs is 1. The summed E-state index contributed by atoms with van der Waals surface area (Å²) < 4.78 is 17.2. The van der Waals surface area contributed by atoms with Gasteiger partial charge in [0, 0.05) is 43.7 Å². The molecule has 1 aromatic carbocycles. The highest BCUT2D eigenvalue weighted by molar-refractivity contribution is 5.49. The number of benzene rings is 1. The van der Waals surface area contributed by atoms with E-state index in [-0.39, 0.29) is 12.2 Å². The van der Waals surface area contributed by atoms with Crippen molar-refractivity contribution in [3.63, 3.8) is 0 Å². The van der Waals surface area contributed by atoms with Crippen molar-refractivity contribution in [3.05, 3.63) is 23.3 Å². The second kappa shape index (κ2) is 6.86. The van der Waals surface area contributed by atoms with Crippen LogP contribution < -0.4 is 14.8 Å². The van der Waals surface area contributed by atoms with E-state index >= 15 is 0 Å². The van der Waals surface area contributed by atoms with Crippen molar-refractivity contribution in [2.75, 3.05) is 40.4 Å². The van der Waals surface area contributed by atoms with Crippen LogP contribution in [0.4, 0.5) is 0 Å². The number of hydrogen-bond donors (Lipinski definition) is 1. The molecule has 0 saturated carbocycles. The summed E-state index contributed by atoms with van der Waals surface area (Å²) in [6.07, 6.45) is 1.46. The van der Waals surface area contributed by atoms with Crippen LogP contribution in [0.1, 0.15) is 18.1 Å². The van der Waals surface area contributed by atoms with Crippen LogP contribution in [-0.4, -0.2) is 57.5 Å². The van der Waals surface area contributed by atoms with Crippen LogP contribution in [0.2, 0.25) is 0 Å². The molecule has 0 aliphatic carbocycles. The lowest BCUT2D eigenvalue weighted by molar-refractivity contribution is -0.0182. The number of likely N-dealkylation sites (N-methyl/N-ethyl adjacent to an activating group) is 1. The maximum atomic E-state index is 5.96. The Labute approximate surface area is 132 Å². The van der Waals surface area contributed by atoms with Crippen molar-refractivity contribution in [1.82, 2.24) is 10.2 Å². The van der Waals surface area contributed by atoms with Gasteiger partial charge in [0.1, 0.15) is 17.6 Å². The summed E-state index contributed by atoms with van der Waals surface area (Å²) in [6.45, 7) is 6.55. The van der Waals surface area contributed by atoms with Gasteiger partial charge in [0.05, 0.1) is 19.8 Å². The summed E-state index contributed by atoms with van der Waals surface area (Å²) in [6, 6.07) is 4.15. The number of rotatable bonds is 5. The molecule has 2 atom stereocenters. The molecule has 122 valence electrons. The summed E-state index contributed by atoms with van der Waals surface area (Å²) in [5, 5.41) is 3.50. The predicted octanol–water partition coefficient (Wildman–Crippen LogP) is 1.44. The Balaban J connectivity index is 1.61. The molecule has 0 unspecified atom stereocenters. The number of nitrogens with zero attached hydrogens (tertiary/aromatic N) is 1. The Morgan fingerprint density at radius 3 is 3.05 bits per heavy atom. The van der Waals surface area contributed by atoms with Crippen molar-refractivity contribution in [2.45, 2.75) is 32.1 Å². The molecule has 0 bridgehead atoms. The van der Waals surface area contributed by atoms with Gasteiger partial charge in [-0.25, -0.2) is 0 Å². The summed E-state index contributed by atoms with van der Waals surface area (Å²) >= 11 is 0. The number of hydrogen-bond acceptors (Lipinski definition) is 5. The molecular formula is C17H26N2O3. The molecule has 2 aliphatic heterocycles. The molecule has 1 aromatic rings. The molecular weight excluding hydrogens is 280 g/mol. The number of nitrogens with one attached hydrogen (secondary N) is 1. The topological polar surface area (TPSA) is 43.0 Å². The van der Waals surface area contributed by atoms with Crippen molar-refractivity contribution in [3.8, 4) is 11.5 Å². The minimum Gasteiger partial charge on any atom is -0.497 e. The van der Waals surface area contributed by atoms with Crippen LogP contribution in [0.25, 0.3) is 0 Å². The Morgan fingerprint density at radius 2 is 2.27 bits per heavy atom. The zero-order chi connectivity index (χ0) is 15.5. The maximum Gasteiger partial charge on any atom is 0.127 e. The molecule has 5 nitrogen and oxygen atoms in total. The minimum atomic E-state index is 0.246. The lowest BCUT2D eigenvalue weighted by Crippen LogP contribution is -2.44. The highest BCUT2D eigenvalue weighted by atomic mass is 16.5. The zero-order valence-corrected chi connectivity index (χ0v) is 13.7. The first kappa shape index (κ1) is 15.6. The van der Waals surface area contributed by atoms with Crippen molar-refractivity contribution >= 4 is 0 Å². The fraction of sp³-hybridized carbons (Fsp3) is 0.647. The monoisotopic (exact) mass is 306 g/mol. The van der Waals surface area contributed by atoms with Crippen LogP contribution >= 0.6 is 0 Å². The van der Waals surface area contributed by atoms with Gasteiger partial charge in [-0.3, -0.25) is 0 Å². The molecule has 0 spiro atoms. The van der Waals surface area contributed by atoms with Gasteiger partial charge in [-0.2, -0.15) is 0 Å². The van der Waals surface area contributed by atoms with Gasteiger partial charge in [0.15, 0.2) is 0 Å². The highest BCUT2D eigenvalue weighted by Gasteiger charge is 2.24. The van der Waals surface area contributed by atoms with Crippen molar-refractivity contribution in [1.29, 1.82) is 0 Å². The molecule has 2 heterocycles.